The Hall–Kier alpha value is -1.00. The van der Waals surface area contributed by atoms with Gasteiger partial charge in [0.15, 0.2) is 0 Å². The highest BCUT2D eigenvalue weighted by Gasteiger charge is 2.08. The van der Waals surface area contributed by atoms with Crippen LogP contribution in [0.25, 0.3) is 0 Å². The largest absolute Gasteiger partial charge is 0.466 e. The molecule has 0 amide bonds. The van der Waals surface area contributed by atoms with Gasteiger partial charge in [-0.25, -0.2) is 0 Å². The molecule has 3 nitrogen and oxygen atoms in total. The number of ether oxygens (including phenoxy) is 1. The van der Waals surface area contributed by atoms with Crippen molar-refractivity contribution in [2.75, 3.05) is 6.61 Å². The van der Waals surface area contributed by atoms with Gasteiger partial charge in [-0.05, 0) is 19.1 Å². The van der Waals surface area contributed by atoms with E-state index in [1.807, 2.05) is 0 Å². The van der Waals surface area contributed by atoms with Crippen LogP contribution in [0, 0.1) is 0 Å². The average molecular weight is 258 g/mol. The fourth-order valence-corrected chi connectivity index (χ4v) is 1.63. The van der Waals surface area contributed by atoms with Crippen molar-refractivity contribution in [2.24, 2.45) is 0 Å². The van der Waals surface area contributed by atoms with Gasteiger partial charge in [-0.3, -0.25) is 9.78 Å². The van der Waals surface area contributed by atoms with Gasteiger partial charge in [-0.1, -0.05) is 23.8 Å². The Balaban J connectivity index is 2.48. The quantitative estimate of drug-likeness (QED) is 0.600. The minimum atomic E-state index is -0.297. The van der Waals surface area contributed by atoms with E-state index in [4.69, 9.17) is 28.6 Å². The lowest BCUT2D eigenvalue weighted by Crippen LogP contribution is -2.12. The SMILES string of the molecule is CCOC(=O)CC(=S)Cc1cc(Cl)ccn1. The van der Waals surface area contributed by atoms with Crippen molar-refractivity contribution in [3.05, 3.63) is 29.0 Å². The number of halogens is 1. The number of hydrogen-bond donors (Lipinski definition) is 0. The highest BCUT2D eigenvalue weighted by Crippen LogP contribution is 2.09. The minimum Gasteiger partial charge on any atom is -0.466 e. The predicted octanol–water partition coefficient (Wildman–Crippen LogP) is 2.60. The predicted molar refractivity (Wildman–Crippen MR) is 66.8 cm³/mol. The van der Waals surface area contributed by atoms with Crippen molar-refractivity contribution in [1.29, 1.82) is 0 Å². The summed E-state index contributed by atoms with van der Waals surface area (Å²) in [4.78, 5) is 15.9. The van der Waals surface area contributed by atoms with Crippen LogP contribution in [-0.4, -0.2) is 22.4 Å². The molecule has 0 atom stereocenters. The molecule has 16 heavy (non-hydrogen) atoms. The first-order valence-corrected chi connectivity index (χ1v) is 5.68. The van der Waals surface area contributed by atoms with E-state index in [0.717, 1.165) is 5.69 Å². The molecule has 1 rings (SSSR count). The van der Waals surface area contributed by atoms with Crippen molar-refractivity contribution in [3.8, 4) is 0 Å². The number of aromatic nitrogens is 1. The second-order valence-corrected chi connectivity index (χ2v) is 4.18. The van der Waals surface area contributed by atoms with Gasteiger partial charge in [-0.15, -0.1) is 0 Å². The van der Waals surface area contributed by atoms with Crippen molar-refractivity contribution in [2.45, 2.75) is 19.8 Å². The Kier molecular flexibility index (Phi) is 5.35. The number of carbonyl (C=O) groups is 1. The molecule has 0 unspecified atom stereocenters. The lowest BCUT2D eigenvalue weighted by Gasteiger charge is -2.03. The number of pyridine rings is 1. The third kappa shape index (κ3) is 4.68. The summed E-state index contributed by atoms with van der Waals surface area (Å²) >= 11 is 10.9. The molecule has 0 aliphatic heterocycles. The van der Waals surface area contributed by atoms with Gasteiger partial charge in [0, 0.05) is 28.2 Å². The summed E-state index contributed by atoms with van der Waals surface area (Å²) in [6.07, 6.45) is 2.23. The highest BCUT2D eigenvalue weighted by molar-refractivity contribution is 7.80. The third-order valence-corrected chi connectivity index (χ3v) is 2.33. The Bertz CT molecular complexity index is 395. The highest BCUT2D eigenvalue weighted by atomic mass is 35.5. The molecule has 1 heterocycles. The van der Waals surface area contributed by atoms with Gasteiger partial charge in [0.1, 0.15) is 0 Å². The summed E-state index contributed by atoms with van der Waals surface area (Å²) in [5.74, 6) is -0.297. The van der Waals surface area contributed by atoms with Crippen molar-refractivity contribution in [1.82, 2.24) is 4.98 Å². The van der Waals surface area contributed by atoms with Crippen LogP contribution in [-0.2, 0) is 16.0 Å². The number of carbonyl (C=O) groups excluding carboxylic acids is 1. The first kappa shape index (κ1) is 13.1. The normalized spacial score (nSPS) is 9.88. The van der Waals surface area contributed by atoms with E-state index in [-0.39, 0.29) is 12.4 Å². The molecular formula is C11H12ClNO2S. The summed E-state index contributed by atoms with van der Waals surface area (Å²) in [6, 6.07) is 3.43. The van der Waals surface area contributed by atoms with Crippen molar-refractivity contribution >= 4 is 34.7 Å². The van der Waals surface area contributed by atoms with Crippen LogP contribution in [0.15, 0.2) is 18.3 Å². The first-order valence-electron chi connectivity index (χ1n) is 4.89. The third-order valence-electron chi connectivity index (χ3n) is 1.80. The van der Waals surface area contributed by atoms with Crippen LogP contribution < -0.4 is 0 Å². The number of rotatable bonds is 5. The van der Waals surface area contributed by atoms with E-state index in [1.54, 1.807) is 25.3 Å². The van der Waals surface area contributed by atoms with E-state index in [0.29, 0.717) is 22.9 Å². The fourth-order valence-electron chi connectivity index (χ4n) is 1.18. The Labute approximate surface area is 105 Å². The van der Waals surface area contributed by atoms with E-state index < -0.39 is 0 Å². The Morgan fingerprint density at radius 2 is 2.38 bits per heavy atom. The second kappa shape index (κ2) is 6.55. The summed E-state index contributed by atoms with van der Waals surface area (Å²) in [5.41, 5.74) is 0.766. The molecule has 1 aromatic rings. The molecule has 0 aromatic carbocycles. The zero-order chi connectivity index (χ0) is 12.0. The lowest BCUT2D eigenvalue weighted by molar-refractivity contribution is -0.141. The Morgan fingerprint density at radius 3 is 3.00 bits per heavy atom. The van der Waals surface area contributed by atoms with Gasteiger partial charge in [-0.2, -0.15) is 0 Å². The maximum absolute atomic E-state index is 11.2. The summed E-state index contributed by atoms with van der Waals surface area (Å²) < 4.78 is 4.80. The maximum atomic E-state index is 11.2. The van der Waals surface area contributed by atoms with Gasteiger partial charge in [0.25, 0.3) is 0 Å². The van der Waals surface area contributed by atoms with Crippen LogP contribution >= 0.6 is 23.8 Å². The zero-order valence-electron chi connectivity index (χ0n) is 8.90. The Morgan fingerprint density at radius 1 is 1.62 bits per heavy atom. The van der Waals surface area contributed by atoms with Crippen molar-refractivity contribution in [3.63, 3.8) is 0 Å². The number of nitrogens with zero attached hydrogens (tertiary/aromatic N) is 1. The standard InChI is InChI=1S/C11H12ClNO2S/c1-2-15-11(14)7-10(16)6-9-5-8(12)3-4-13-9/h3-5H,2,6-7H2,1H3. The second-order valence-electron chi connectivity index (χ2n) is 3.16. The van der Waals surface area contributed by atoms with E-state index in [1.165, 1.54) is 0 Å². The molecule has 0 fully saturated rings. The number of hydrogen-bond acceptors (Lipinski definition) is 4. The molecule has 5 heteroatoms. The molecule has 0 aliphatic carbocycles. The molecule has 0 spiro atoms. The van der Waals surface area contributed by atoms with Gasteiger partial charge in [0.05, 0.1) is 13.0 Å². The van der Waals surface area contributed by atoms with E-state index in [9.17, 15) is 4.79 Å². The van der Waals surface area contributed by atoms with E-state index >= 15 is 0 Å². The van der Waals surface area contributed by atoms with Gasteiger partial charge in [0.2, 0.25) is 0 Å². The minimum absolute atomic E-state index is 0.150. The topological polar surface area (TPSA) is 39.2 Å². The summed E-state index contributed by atoms with van der Waals surface area (Å²) in [6.45, 7) is 2.14. The van der Waals surface area contributed by atoms with Crippen LogP contribution in [0.5, 0.6) is 0 Å². The van der Waals surface area contributed by atoms with Crippen LogP contribution in [0.3, 0.4) is 0 Å². The molecule has 1 aromatic heterocycles. The van der Waals surface area contributed by atoms with Crippen LogP contribution in [0.2, 0.25) is 5.02 Å². The van der Waals surface area contributed by atoms with Gasteiger partial charge >= 0.3 is 5.97 Å². The lowest BCUT2D eigenvalue weighted by atomic mass is 10.2. The fraction of sp³-hybridized carbons (Fsp3) is 0.364. The molecule has 0 bridgehead atoms. The molecule has 86 valence electrons. The molecular weight excluding hydrogens is 246 g/mol. The number of thiocarbonyl (C=S) groups is 1. The van der Waals surface area contributed by atoms with Crippen LogP contribution in [0.1, 0.15) is 19.0 Å². The summed E-state index contributed by atoms with van der Waals surface area (Å²) in [7, 11) is 0. The molecule has 0 saturated heterocycles. The van der Waals surface area contributed by atoms with E-state index in [2.05, 4.69) is 4.98 Å². The average Bonchev–Trinajstić information content (AvgIpc) is 2.17. The zero-order valence-corrected chi connectivity index (χ0v) is 10.5. The summed E-state index contributed by atoms with van der Waals surface area (Å²) in [5, 5.41) is 0.615. The first-order chi connectivity index (χ1) is 7.61. The van der Waals surface area contributed by atoms with Crippen molar-refractivity contribution < 1.29 is 9.53 Å². The molecule has 0 radical (unpaired) electrons. The molecule has 0 saturated carbocycles. The van der Waals surface area contributed by atoms with Gasteiger partial charge < -0.3 is 4.74 Å². The molecule has 0 N–H and O–H groups in total. The maximum Gasteiger partial charge on any atom is 0.310 e. The number of esters is 1. The van der Waals surface area contributed by atoms with Crippen LogP contribution in [0.4, 0.5) is 0 Å². The molecule has 0 aliphatic rings. The smallest absolute Gasteiger partial charge is 0.310 e. The monoisotopic (exact) mass is 257 g/mol.